The van der Waals surface area contributed by atoms with Gasteiger partial charge in [0.25, 0.3) is 0 Å². The lowest BCUT2D eigenvalue weighted by molar-refractivity contribution is -0.121. The molecule has 0 aromatic rings. The van der Waals surface area contributed by atoms with Gasteiger partial charge in [-0.25, -0.2) is 0 Å². The van der Waals surface area contributed by atoms with Gasteiger partial charge in [-0.05, 0) is 40.2 Å². The number of carbonyl (C=O) groups is 1. The summed E-state index contributed by atoms with van der Waals surface area (Å²) in [6, 6.07) is 0. The van der Waals surface area contributed by atoms with Gasteiger partial charge in [-0.1, -0.05) is 19.1 Å². The summed E-state index contributed by atoms with van der Waals surface area (Å²) in [5, 5.41) is 6.08. The molecular formula is C12H24N2O. The Morgan fingerprint density at radius 1 is 1.40 bits per heavy atom. The van der Waals surface area contributed by atoms with Gasteiger partial charge < -0.3 is 10.6 Å². The first-order valence-corrected chi connectivity index (χ1v) is 5.64. The van der Waals surface area contributed by atoms with Gasteiger partial charge in [0, 0.05) is 5.54 Å². The molecule has 0 spiro atoms. The van der Waals surface area contributed by atoms with Crippen molar-refractivity contribution in [3.63, 3.8) is 0 Å². The van der Waals surface area contributed by atoms with E-state index in [0.29, 0.717) is 6.54 Å². The predicted molar refractivity (Wildman–Crippen MR) is 64.8 cm³/mol. The number of nitrogens with one attached hydrogen (secondary N) is 2. The van der Waals surface area contributed by atoms with E-state index in [2.05, 4.69) is 23.6 Å². The van der Waals surface area contributed by atoms with Gasteiger partial charge in [-0.2, -0.15) is 0 Å². The molecule has 0 fully saturated rings. The van der Waals surface area contributed by atoms with Gasteiger partial charge >= 0.3 is 0 Å². The number of rotatable bonds is 7. The Hall–Kier alpha value is -0.830. The van der Waals surface area contributed by atoms with E-state index >= 15 is 0 Å². The Balaban J connectivity index is 3.58. The lowest BCUT2D eigenvalue weighted by Crippen LogP contribution is -2.46. The van der Waals surface area contributed by atoms with Crippen LogP contribution in [0.5, 0.6) is 0 Å². The fourth-order valence-electron chi connectivity index (χ4n) is 1.06. The third-order valence-corrected chi connectivity index (χ3v) is 2.37. The minimum absolute atomic E-state index is 0.0716. The van der Waals surface area contributed by atoms with Crippen LogP contribution in [-0.4, -0.2) is 24.5 Å². The summed E-state index contributed by atoms with van der Waals surface area (Å²) in [6.07, 6.45) is 6.01. The fourth-order valence-corrected chi connectivity index (χ4v) is 1.06. The van der Waals surface area contributed by atoms with Crippen molar-refractivity contribution in [2.75, 3.05) is 13.1 Å². The average Bonchev–Trinajstić information content (AvgIpc) is 2.17. The molecule has 0 saturated heterocycles. The molecule has 0 bridgehead atoms. The molecule has 0 saturated carbocycles. The second-order valence-corrected chi connectivity index (χ2v) is 4.32. The van der Waals surface area contributed by atoms with Crippen LogP contribution in [0.15, 0.2) is 12.2 Å². The Morgan fingerprint density at radius 3 is 2.60 bits per heavy atom. The predicted octanol–water partition coefficient (Wildman–Crippen LogP) is 1.85. The smallest absolute Gasteiger partial charge is 0.234 e. The zero-order valence-corrected chi connectivity index (χ0v) is 10.4. The summed E-state index contributed by atoms with van der Waals surface area (Å²) in [6.45, 7) is 9.39. The molecule has 88 valence electrons. The highest BCUT2D eigenvalue weighted by atomic mass is 16.2. The molecule has 0 heterocycles. The van der Waals surface area contributed by atoms with Gasteiger partial charge in [0.05, 0.1) is 6.54 Å². The maximum atomic E-state index is 11.5. The van der Waals surface area contributed by atoms with Crippen molar-refractivity contribution in [2.45, 2.75) is 46.1 Å². The number of carbonyl (C=O) groups excluding carboxylic acids is 1. The van der Waals surface area contributed by atoms with Crippen molar-refractivity contribution in [3.05, 3.63) is 12.2 Å². The van der Waals surface area contributed by atoms with Gasteiger partial charge in [-0.3, -0.25) is 4.79 Å². The van der Waals surface area contributed by atoms with Crippen LogP contribution in [0.3, 0.4) is 0 Å². The highest BCUT2D eigenvalue weighted by Crippen LogP contribution is 2.05. The highest BCUT2D eigenvalue weighted by Gasteiger charge is 2.16. The number of hydrogen-bond acceptors (Lipinski definition) is 2. The SMILES string of the molecule is C/C=C/CCNCC(=O)NC(C)(C)CC. The third kappa shape index (κ3) is 8.18. The minimum atomic E-state index is -0.0952. The minimum Gasteiger partial charge on any atom is -0.350 e. The highest BCUT2D eigenvalue weighted by molar-refractivity contribution is 5.78. The van der Waals surface area contributed by atoms with Gasteiger partial charge in [0.1, 0.15) is 0 Å². The Bertz CT molecular complexity index is 210. The van der Waals surface area contributed by atoms with E-state index in [1.807, 2.05) is 26.8 Å². The number of hydrogen-bond donors (Lipinski definition) is 2. The molecule has 3 nitrogen and oxygen atoms in total. The zero-order chi connectivity index (χ0) is 11.7. The van der Waals surface area contributed by atoms with Crippen LogP contribution < -0.4 is 10.6 Å². The van der Waals surface area contributed by atoms with Crippen molar-refractivity contribution in [3.8, 4) is 0 Å². The molecule has 2 N–H and O–H groups in total. The quantitative estimate of drug-likeness (QED) is 0.499. The van der Waals surface area contributed by atoms with Crippen LogP contribution >= 0.6 is 0 Å². The zero-order valence-electron chi connectivity index (χ0n) is 10.4. The van der Waals surface area contributed by atoms with Crippen molar-refractivity contribution >= 4 is 5.91 Å². The second-order valence-electron chi connectivity index (χ2n) is 4.32. The summed E-state index contributed by atoms with van der Waals surface area (Å²) in [7, 11) is 0. The lowest BCUT2D eigenvalue weighted by atomic mass is 10.0. The second kappa shape index (κ2) is 7.46. The molecule has 3 heteroatoms. The molecule has 0 atom stereocenters. The standard InChI is InChI=1S/C12H24N2O/c1-5-7-8-9-13-10-11(15)14-12(3,4)6-2/h5,7,13H,6,8-10H2,1-4H3,(H,14,15)/b7-5+. The normalized spacial score (nSPS) is 12.0. The van der Waals surface area contributed by atoms with E-state index in [4.69, 9.17) is 0 Å². The largest absolute Gasteiger partial charge is 0.350 e. The monoisotopic (exact) mass is 212 g/mol. The maximum Gasteiger partial charge on any atom is 0.234 e. The van der Waals surface area contributed by atoms with E-state index in [1.54, 1.807) is 0 Å². The Kier molecular flexibility index (Phi) is 7.05. The van der Waals surface area contributed by atoms with Gasteiger partial charge in [0.2, 0.25) is 5.91 Å². The first-order chi connectivity index (χ1) is 7.02. The topological polar surface area (TPSA) is 41.1 Å². The molecule has 0 aliphatic rings. The van der Waals surface area contributed by atoms with E-state index in [1.165, 1.54) is 0 Å². The van der Waals surface area contributed by atoms with E-state index < -0.39 is 0 Å². The van der Waals surface area contributed by atoms with Gasteiger partial charge in [0.15, 0.2) is 0 Å². The van der Waals surface area contributed by atoms with Crippen molar-refractivity contribution in [1.29, 1.82) is 0 Å². The van der Waals surface area contributed by atoms with E-state index in [9.17, 15) is 4.79 Å². The molecule has 0 radical (unpaired) electrons. The van der Waals surface area contributed by atoms with Crippen LogP contribution in [-0.2, 0) is 4.79 Å². The summed E-state index contributed by atoms with van der Waals surface area (Å²) in [5.41, 5.74) is -0.0952. The van der Waals surface area contributed by atoms with Crippen LogP contribution in [0.1, 0.15) is 40.5 Å². The van der Waals surface area contributed by atoms with Crippen LogP contribution in [0.4, 0.5) is 0 Å². The van der Waals surface area contributed by atoms with Crippen molar-refractivity contribution in [2.24, 2.45) is 0 Å². The Morgan fingerprint density at radius 2 is 2.07 bits per heavy atom. The molecule has 0 aliphatic carbocycles. The summed E-state index contributed by atoms with van der Waals surface area (Å²) in [4.78, 5) is 11.5. The van der Waals surface area contributed by atoms with Crippen LogP contribution in [0.2, 0.25) is 0 Å². The van der Waals surface area contributed by atoms with Gasteiger partial charge in [-0.15, -0.1) is 0 Å². The number of allylic oxidation sites excluding steroid dienone is 1. The van der Waals surface area contributed by atoms with E-state index in [-0.39, 0.29) is 11.4 Å². The maximum absolute atomic E-state index is 11.5. The third-order valence-electron chi connectivity index (χ3n) is 2.37. The molecule has 15 heavy (non-hydrogen) atoms. The number of amides is 1. The molecule has 0 aromatic heterocycles. The first-order valence-electron chi connectivity index (χ1n) is 5.64. The summed E-state index contributed by atoms with van der Waals surface area (Å²) < 4.78 is 0. The molecular weight excluding hydrogens is 188 g/mol. The molecule has 0 rings (SSSR count). The lowest BCUT2D eigenvalue weighted by Gasteiger charge is -2.24. The van der Waals surface area contributed by atoms with Crippen molar-refractivity contribution < 1.29 is 4.79 Å². The summed E-state index contributed by atoms with van der Waals surface area (Å²) in [5.74, 6) is 0.0716. The molecule has 0 aromatic carbocycles. The van der Waals surface area contributed by atoms with E-state index in [0.717, 1.165) is 19.4 Å². The molecule has 0 aliphatic heterocycles. The van der Waals surface area contributed by atoms with Crippen LogP contribution in [0.25, 0.3) is 0 Å². The summed E-state index contributed by atoms with van der Waals surface area (Å²) >= 11 is 0. The van der Waals surface area contributed by atoms with Crippen molar-refractivity contribution in [1.82, 2.24) is 10.6 Å². The first kappa shape index (κ1) is 14.2. The average molecular weight is 212 g/mol. The molecule has 1 amide bonds. The Labute approximate surface area is 93.3 Å². The fraction of sp³-hybridized carbons (Fsp3) is 0.750. The molecule has 0 unspecified atom stereocenters. The van der Waals surface area contributed by atoms with Crippen LogP contribution in [0, 0.1) is 0 Å².